The van der Waals surface area contributed by atoms with Gasteiger partial charge in [0, 0.05) is 35.6 Å². The second-order valence-corrected chi connectivity index (χ2v) is 3.22. The maximum absolute atomic E-state index is 10.4. The number of rotatable bonds is 2. The van der Waals surface area contributed by atoms with Crippen molar-refractivity contribution in [3.8, 4) is 5.75 Å². The molecule has 0 unspecified atom stereocenters. The molecule has 0 aliphatic heterocycles. The Balaban J connectivity index is 0.00000169. The van der Waals surface area contributed by atoms with Crippen molar-refractivity contribution >= 4 is 48.2 Å². The Bertz CT molecular complexity index is 422. The maximum Gasteiger partial charge on any atom is 0.348 e. The number of nitro benzene ring substituents is 1. The summed E-state index contributed by atoms with van der Waals surface area (Å²) in [5, 5.41) is 19.0. The standard InChI is InChI=1S/C6H4NO5P.Na/c8-6-2-1-4(13(11)12)3-5(6)7(9)10;/h1-3,8H;. The Morgan fingerprint density at radius 1 is 1.36 bits per heavy atom. The number of hydrogen-bond donors (Lipinski definition) is 1. The second kappa shape index (κ2) is 5.26. The number of hydrogen-bond acceptors (Lipinski definition) is 5. The van der Waals surface area contributed by atoms with Crippen LogP contribution in [0, 0.1) is 10.1 Å². The molecule has 0 aromatic heterocycles. The molecule has 0 fully saturated rings. The van der Waals surface area contributed by atoms with Gasteiger partial charge in [-0.3, -0.25) is 10.1 Å². The van der Waals surface area contributed by atoms with E-state index in [9.17, 15) is 19.2 Å². The molecule has 1 rings (SSSR count). The molecular formula is C6H4NNaO5P. The molecule has 0 aliphatic carbocycles. The Hall–Kier alpha value is -0.680. The van der Waals surface area contributed by atoms with E-state index >= 15 is 0 Å². The van der Waals surface area contributed by atoms with E-state index in [2.05, 4.69) is 0 Å². The summed E-state index contributed by atoms with van der Waals surface area (Å²) in [6.07, 6.45) is 0. The third-order valence-corrected chi connectivity index (χ3v) is 2.07. The molecule has 69 valence electrons. The van der Waals surface area contributed by atoms with E-state index < -0.39 is 24.0 Å². The first-order valence-corrected chi connectivity index (χ1v) is 4.32. The second-order valence-electron chi connectivity index (χ2n) is 2.19. The zero-order valence-electron chi connectivity index (χ0n) is 7.21. The van der Waals surface area contributed by atoms with Crippen LogP contribution in [-0.2, 0) is 9.13 Å². The Labute approximate surface area is 101 Å². The van der Waals surface area contributed by atoms with Crippen LogP contribution in [0.2, 0.25) is 0 Å². The van der Waals surface area contributed by atoms with E-state index in [1.54, 1.807) is 0 Å². The summed E-state index contributed by atoms with van der Waals surface area (Å²) in [6.45, 7) is 0. The number of aromatic hydroxyl groups is 1. The van der Waals surface area contributed by atoms with Gasteiger partial charge in [-0.05, 0) is 12.1 Å². The quantitative estimate of drug-likeness (QED) is 0.345. The first-order valence-electron chi connectivity index (χ1n) is 3.14. The molecule has 0 saturated carbocycles. The van der Waals surface area contributed by atoms with Crippen LogP contribution in [0.1, 0.15) is 0 Å². The normalized spacial score (nSPS) is 8.86. The van der Waals surface area contributed by atoms with Crippen molar-refractivity contribution < 1.29 is 19.2 Å². The maximum atomic E-state index is 10.4. The fraction of sp³-hybridized carbons (Fsp3) is 0. The van der Waals surface area contributed by atoms with Crippen molar-refractivity contribution in [2.45, 2.75) is 0 Å². The van der Waals surface area contributed by atoms with E-state index in [4.69, 9.17) is 5.11 Å². The zero-order valence-corrected chi connectivity index (χ0v) is 10.1. The van der Waals surface area contributed by atoms with Crippen LogP contribution >= 0.6 is 7.68 Å². The molecule has 0 bridgehead atoms. The van der Waals surface area contributed by atoms with Crippen LogP contribution in [0.5, 0.6) is 5.75 Å². The molecule has 0 saturated heterocycles. The number of nitrogens with zero attached hydrogens (tertiary/aromatic N) is 1. The van der Waals surface area contributed by atoms with E-state index in [0.717, 1.165) is 18.2 Å². The molecule has 1 aromatic carbocycles. The van der Waals surface area contributed by atoms with Gasteiger partial charge in [0.1, 0.15) is 0 Å². The molecule has 0 amide bonds. The number of nitro groups is 1. The molecule has 0 heterocycles. The third-order valence-electron chi connectivity index (χ3n) is 1.37. The predicted molar refractivity (Wildman–Crippen MR) is 48.4 cm³/mol. The van der Waals surface area contributed by atoms with Gasteiger partial charge in [-0.2, -0.15) is 0 Å². The van der Waals surface area contributed by atoms with E-state index in [1.165, 1.54) is 0 Å². The first kappa shape index (κ1) is 13.3. The van der Waals surface area contributed by atoms with Crippen LogP contribution < -0.4 is 5.30 Å². The predicted octanol–water partition coefficient (Wildman–Crippen LogP) is 0.718. The van der Waals surface area contributed by atoms with Gasteiger partial charge in [-0.1, -0.05) is 0 Å². The number of phenols is 1. The van der Waals surface area contributed by atoms with E-state index in [1.807, 2.05) is 0 Å². The van der Waals surface area contributed by atoms with Crippen molar-refractivity contribution in [3.63, 3.8) is 0 Å². The molecule has 14 heavy (non-hydrogen) atoms. The van der Waals surface area contributed by atoms with E-state index in [-0.39, 0.29) is 34.9 Å². The average molecular weight is 224 g/mol. The van der Waals surface area contributed by atoms with Crippen molar-refractivity contribution in [2.24, 2.45) is 0 Å². The molecular weight excluding hydrogens is 220 g/mol. The van der Waals surface area contributed by atoms with Crippen molar-refractivity contribution in [3.05, 3.63) is 28.3 Å². The molecule has 0 atom stereocenters. The van der Waals surface area contributed by atoms with Crippen LogP contribution in [0.4, 0.5) is 5.69 Å². The topological polar surface area (TPSA) is 97.5 Å². The molecule has 6 nitrogen and oxygen atoms in total. The molecule has 1 N–H and O–H groups in total. The summed E-state index contributed by atoms with van der Waals surface area (Å²) in [5.74, 6) is -0.550. The van der Waals surface area contributed by atoms with Crippen LogP contribution in [0.3, 0.4) is 0 Å². The monoisotopic (exact) mass is 224 g/mol. The van der Waals surface area contributed by atoms with Gasteiger partial charge >= 0.3 is 13.4 Å². The van der Waals surface area contributed by atoms with Crippen molar-refractivity contribution in [1.29, 1.82) is 0 Å². The van der Waals surface area contributed by atoms with Gasteiger partial charge in [0.15, 0.2) is 5.75 Å². The molecule has 8 heteroatoms. The Morgan fingerprint density at radius 2 is 1.93 bits per heavy atom. The molecule has 1 radical (unpaired) electrons. The van der Waals surface area contributed by atoms with Gasteiger partial charge in [-0.15, -0.1) is 0 Å². The SMILES string of the molecule is O=[N+]([O-])c1cc(P(=O)=O)ccc1O.[Na]. The Kier molecular flexibility index (Phi) is 5.01. The fourth-order valence-corrected chi connectivity index (χ4v) is 1.20. The largest absolute Gasteiger partial charge is 0.502 e. The minimum Gasteiger partial charge on any atom is -0.502 e. The minimum absolute atomic E-state index is 0. The minimum atomic E-state index is -2.86. The summed E-state index contributed by atoms with van der Waals surface area (Å²) in [5.41, 5.74) is -0.614. The van der Waals surface area contributed by atoms with Crippen molar-refractivity contribution in [2.75, 3.05) is 0 Å². The molecule has 1 aromatic rings. The van der Waals surface area contributed by atoms with Crippen LogP contribution in [-0.4, -0.2) is 39.6 Å². The number of benzene rings is 1. The summed E-state index contributed by atoms with van der Waals surface area (Å²) in [7, 11) is -2.86. The van der Waals surface area contributed by atoms with Gasteiger partial charge in [-0.25, -0.2) is 9.13 Å². The molecule has 0 aliphatic rings. The Morgan fingerprint density at radius 3 is 2.36 bits per heavy atom. The fourth-order valence-electron chi connectivity index (χ4n) is 0.772. The summed E-state index contributed by atoms with van der Waals surface area (Å²) < 4.78 is 20.8. The van der Waals surface area contributed by atoms with Gasteiger partial charge in [0.05, 0.1) is 10.2 Å². The first-order chi connectivity index (χ1) is 6.02. The van der Waals surface area contributed by atoms with Gasteiger partial charge in [0.2, 0.25) is 0 Å². The number of phenolic OH excluding ortho intramolecular Hbond substituents is 1. The summed E-state index contributed by atoms with van der Waals surface area (Å²) in [6, 6.07) is 2.87. The molecule has 0 spiro atoms. The van der Waals surface area contributed by atoms with Crippen LogP contribution in [0.25, 0.3) is 0 Å². The van der Waals surface area contributed by atoms with Gasteiger partial charge < -0.3 is 5.11 Å². The van der Waals surface area contributed by atoms with Crippen LogP contribution in [0.15, 0.2) is 18.2 Å². The summed E-state index contributed by atoms with van der Waals surface area (Å²) in [4.78, 5) is 9.40. The average Bonchev–Trinajstić information content (AvgIpc) is 2.04. The summed E-state index contributed by atoms with van der Waals surface area (Å²) >= 11 is 0. The van der Waals surface area contributed by atoms with E-state index in [0.29, 0.717) is 0 Å². The van der Waals surface area contributed by atoms with Crippen molar-refractivity contribution in [1.82, 2.24) is 0 Å². The zero-order chi connectivity index (χ0) is 10.0. The smallest absolute Gasteiger partial charge is 0.348 e. The third kappa shape index (κ3) is 2.92. The van der Waals surface area contributed by atoms with Gasteiger partial charge in [0.25, 0.3) is 0 Å².